The molecule has 0 radical (unpaired) electrons. The van der Waals surface area contributed by atoms with Crippen LogP contribution in [0.3, 0.4) is 0 Å². The van der Waals surface area contributed by atoms with E-state index in [2.05, 4.69) is 13.8 Å². The van der Waals surface area contributed by atoms with Gasteiger partial charge in [-0.2, -0.15) is 0 Å². The van der Waals surface area contributed by atoms with Crippen molar-refractivity contribution in [2.75, 3.05) is 6.61 Å². The summed E-state index contributed by atoms with van der Waals surface area (Å²) in [5, 5.41) is 21.3. The Balaban J connectivity index is 1.80. The van der Waals surface area contributed by atoms with E-state index in [9.17, 15) is 15.0 Å². The van der Waals surface area contributed by atoms with Crippen LogP contribution in [-0.4, -0.2) is 34.5 Å². The van der Waals surface area contributed by atoms with Crippen LogP contribution in [0.1, 0.15) is 79.1 Å². The van der Waals surface area contributed by atoms with Crippen molar-refractivity contribution < 1.29 is 19.7 Å². The lowest BCUT2D eigenvalue weighted by molar-refractivity contribution is -0.219. The largest absolute Gasteiger partial charge is 0.462 e. The molecular weight excluding hydrogens is 328 g/mol. The number of esters is 1. The smallest absolute Gasteiger partial charge is 0.302 e. The fourth-order valence-corrected chi connectivity index (χ4v) is 8.34. The van der Waals surface area contributed by atoms with Crippen LogP contribution in [0.25, 0.3) is 0 Å². The van der Waals surface area contributed by atoms with Gasteiger partial charge in [-0.15, -0.1) is 0 Å². The molecule has 0 aromatic heterocycles. The van der Waals surface area contributed by atoms with Crippen LogP contribution >= 0.6 is 0 Å². The molecule has 26 heavy (non-hydrogen) atoms. The maximum atomic E-state index is 12.0. The first kappa shape index (κ1) is 18.7. The van der Waals surface area contributed by atoms with Gasteiger partial charge in [0.05, 0.1) is 5.60 Å². The molecule has 1 spiro atoms. The maximum absolute atomic E-state index is 12.0. The highest BCUT2D eigenvalue weighted by Gasteiger charge is 2.70. The van der Waals surface area contributed by atoms with Crippen LogP contribution in [0.4, 0.5) is 0 Å². The summed E-state index contributed by atoms with van der Waals surface area (Å²) in [6.45, 7) is 8.38. The molecule has 4 nitrogen and oxygen atoms in total. The topological polar surface area (TPSA) is 66.8 Å². The Morgan fingerprint density at radius 3 is 2.54 bits per heavy atom. The predicted molar refractivity (Wildman–Crippen MR) is 99.3 cm³/mol. The summed E-state index contributed by atoms with van der Waals surface area (Å²) in [4.78, 5) is 12.0. The monoisotopic (exact) mass is 364 g/mol. The second-order valence-corrected chi connectivity index (χ2v) is 10.9. The van der Waals surface area contributed by atoms with Gasteiger partial charge >= 0.3 is 5.97 Å². The third-order valence-electron chi connectivity index (χ3n) is 9.35. The van der Waals surface area contributed by atoms with Crippen molar-refractivity contribution >= 4 is 5.97 Å². The lowest BCUT2D eigenvalue weighted by Gasteiger charge is -2.65. The van der Waals surface area contributed by atoms with E-state index in [0.717, 1.165) is 44.9 Å². The molecule has 0 heterocycles. The average Bonchev–Trinajstić information content (AvgIpc) is 2.75. The Hall–Kier alpha value is -0.610. The third kappa shape index (κ3) is 2.37. The number of fused-ring (bicyclic) bond motifs is 3. The zero-order chi connectivity index (χ0) is 19.0. The highest BCUT2D eigenvalue weighted by molar-refractivity contribution is 5.66. The molecule has 8 atom stereocenters. The number of aliphatic hydroxyl groups excluding tert-OH is 1. The van der Waals surface area contributed by atoms with Gasteiger partial charge in [0.2, 0.25) is 0 Å². The quantitative estimate of drug-likeness (QED) is 0.734. The number of hydrogen-bond donors (Lipinski definition) is 2. The molecule has 0 saturated heterocycles. The van der Waals surface area contributed by atoms with Gasteiger partial charge < -0.3 is 14.9 Å². The van der Waals surface area contributed by atoms with Crippen LogP contribution in [0, 0.1) is 34.0 Å². The number of carbonyl (C=O) groups is 1. The van der Waals surface area contributed by atoms with Crippen molar-refractivity contribution in [2.45, 2.75) is 90.8 Å². The molecule has 148 valence electrons. The van der Waals surface area contributed by atoms with E-state index >= 15 is 0 Å². The fourth-order valence-electron chi connectivity index (χ4n) is 8.34. The Morgan fingerprint density at radius 1 is 1.15 bits per heavy atom. The zero-order valence-corrected chi connectivity index (χ0v) is 16.9. The predicted octanol–water partition coefficient (Wildman–Crippen LogP) is 3.68. The van der Waals surface area contributed by atoms with Gasteiger partial charge in [0.1, 0.15) is 6.10 Å². The van der Waals surface area contributed by atoms with E-state index in [1.54, 1.807) is 0 Å². The average molecular weight is 365 g/mol. The molecule has 0 aromatic rings. The number of aliphatic hydroxyl groups is 2. The minimum absolute atomic E-state index is 0.0863. The normalized spacial score (nSPS) is 55.8. The molecule has 0 aromatic carbocycles. The van der Waals surface area contributed by atoms with Crippen molar-refractivity contribution in [3.05, 3.63) is 0 Å². The lowest BCUT2D eigenvalue weighted by Crippen LogP contribution is -2.62. The highest BCUT2D eigenvalue weighted by Crippen LogP contribution is 2.73. The summed E-state index contributed by atoms with van der Waals surface area (Å²) in [5.74, 6) is 0.956. The summed E-state index contributed by atoms with van der Waals surface area (Å²) in [6, 6.07) is 0. The molecule has 4 rings (SSSR count). The fraction of sp³-hybridized carbons (Fsp3) is 0.955. The van der Waals surface area contributed by atoms with E-state index < -0.39 is 5.60 Å². The minimum atomic E-state index is -0.648. The van der Waals surface area contributed by atoms with Crippen molar-refractivity contribution in [1.82, 2.24) is 0 Å². The molecule has 0 aliphatic heterocycles. The number of ether oxygens (including phenoxy) is 1. The minimum Gasteiger partial charge on any atom is -0.462 e. The van der Waals surface area contributed by atoms with E-state index in [4.69, 9.17) is 4.74 Å². The number of rotatable bonds is 2. The molecule has 8 unspecified atom stereocenters. The second-order valence-electron chi connectivity index (χ2n) is 10.9. The van der Waals surface area contributed by atoms with Gasteiger partial charge in [-0.1, -0.05) is 20.3 Å². The standard InChI is InChI=1S/C22H36O4/c1-14(24)26-18-10-17-19(2,13-23)8-5-9-20(17,3)16-7-6-15-11-22(16,18)12-21(15,4)25/h15-18,23,25H,5-13H2,1-4H3. The first-order chi connectivity index (χ1) is 12.1. The van der Waals surface area contributed by atoms with Crippen LogP contribution in [-0.2, 0) is 9.53 Å². The first-order valence-electron chi connectivity index (χ1n) is 10.6. The summed E-state index contributed by atoms with van der Waals surface area (Å²) in [5.41, 5.74) is -0.662. The van der Waals surface area contributed by atoms with E-state index in [0.29, 0.717) is 17.8 Å². The second kappa shape index (κ2) is 5.70. The van der Waals surface area contributed by atoms with Crippen molar-refractivity contribution in [3.63, 3.8) is 0 Å². The Bertz CT molecular complexity index is 601. The molecule has 2 bridgehead atoms. The molecule has 4 heteroatoms. The molecule has 4 aliphatic carbocycles. The van der Waals surface area contributed by atoms with Crippen molar-refractivity contribution in [2.24, 2.45) is 34.0 Å². The molecule has 4 fully saturated rings. The maximum Gasteiger partial charge on any atom is 0.302 e. The molecule has 0 amide bonds. The van der Waals surface area contributed by atoms with Crippen LogP contribution in [0.2, 0.25) is 0 Å². The first-order valence-corrected chi connectivity index (χ1v) is 10.6. The lowest BCUT2D eigenvalue weighted by atomic mass is 9.40. The van der Waals surface area contributed by atoms with Crippen LogP contribution in [0.5, 0.6) is 0 Å². The Morgan fingerprint density at radius 2 is 1.88 bits per heavy atom. The van der Waals surface area contributed by atoms with Gasteiger partial charge in [-0.3, -0.25) is 4.79 Å². The van der Waals surface area contributed by atoms with Crippen molar-refractivity contribution in [1.29, 1.82) is 0 Å². The number of hydrogen-bond acceptors (Lipinski definition) is 4. The summed E-state index contributed by atoms with van der Waals surface area (Å²) in [7, 11) is 0. The molecule has 2 N–H and O–H groups in total. The van der Waals surface area contributed by atoms with E-state index in [1.807, 2.05) is 6.92 Å². The number of carbonyl (C=O) groups excluding carboxylic acids is 1. The molecular formula is C22H36O4. The summed E-state index contributed by atoms with van der Waals surface area (Å²) in [6.07, 6.45) is 8.06. The van der Waals surface area contributed by atoms with Crippen LogP contribution in [0.15, 0.2) is 0 Å². The summed E-state index contributed by atoms with van der Waals surface area (Å²) < 4.78 is 5.98. The SMILES string of the molecule is CC(=O)OC1CC2C(C)(CO)CCCC2(C)C2CCC3CC12CC3(C)O. The van der Waals surface area contributed by atoms with Gasteiger partial charge in [-0.05, 0) is 80.5 Å². The Labute approximate surface area is 157 Å². The highest BCUT2D eigenvalue weighted by atomic mass is 16.5. The Kier molecular flexibility index (Phi) is 4.11. The van der Waals surface area contributed by atoms with Gasteiger partial charge in [0, 0.05) is 18.9 Å². The van der Waals surface area contributed by atoms with Gasteiger partial charge in [0.15, 0.2) is 0 Å². The van der Waals surface area contributed by atoms with Gasteiger partial charge in [0.25, 0.3) is 0 Å². The molecule has 4 aliphatic rings. The van der Waals surface area contributed by atoms with E-state index in [1.165, 1.54) is 13.3 Å². The zero-order valence-electron chi connectivity index (χ0n) is 16.9. The third-order valence-corrected chi connectivity index (χ3v) is 9.35. The van der Waals surface area contributed by atoms with Crippen LogP contribution < -0.4 is 0 Å². The molecule has 4 saturated carbocycles. The van der Waals surface area contributed by atoms with Gasteiger partial charge in [-0.25, -0.2) is 0 Å². The van der Waals surface area contributed by atoms with Crippen molar-refractivity contribution in [3.8, 4) is 0 Å². The summed E-state index contributed by atoms with van der Waals surface area (Å²) >= 11 is 0. The van der Waals surface area contributed by atoms with E-state index in [-0.39, 0.29) is 34.9 Å².